The van der Waals surface area contributed by atoms with Crippen LogP contribution < -0.4 is 0 Å². The van der Waals surface area contributed by atoms with Crippen LogP contribution in [0.2, 0.25) is 0 Å². The van der Waals surface area contributed by atoms with Crippen molar-refractivity contribution in [1.82, 2.24) is 4.90 Å². The summed E-state index contributed by atoms with van der Waals surface area (Å²) in [4.78, 5) is 2.44. The second kappa shape index (κ2) is 7.64. The maximum absolute atomic E-state index is 5.62. The molecule has 0 rings (SSSR count). The number of hydrogen-bond acceptors (Lipinski definition) is 1. The standard InChI is InChI=1S/C11H24ClN/c1-10(2)11(3)13(4)9-7-5-6-8-12/h10-11H,5-9H2,1-4H3. The van der Waals surface area contributed by atoms with Crippen molar-refractivity contribution in [3.05, 3.63) is 0 Å². The van der Waals surface area contributed by atoms with E-state index in [0.29, 0.717) is 6.04 Å². The lowest BCUT2D eigenvalue weighted by Crippen LogP contribution is -2.33. The van der Waals surface area contributed by atoms with Gasteiger partial charge in [0.1, 0.15) is 0 Å². The third-order valence-electron chi connectivity index (χ3n) is 2.80. The largest absolute Gasteiger partial charge is 0.303 e. The Bertz CT molecular complexity index is 115. The highest BCUT2D eigenvalue weighted by Gasteiger charge is 2.11. The Hall–Kier alpha value is 0.250. The van der Waals surface area contributed by atoms with Crippen molar-refractivity contribution in [3.8, 4) is 0 Å². The summed E-state index contributed by atoms with van der Waals surface area (Å²) in [6.07, 6.45) is 3.70. The molecule has 0 amide bonds. The lowest BCUT2D eigenvalue weighted by molar-refractivity contribution is 0.204. The van der Waals surface area contributed by atoms with E-state index in [1.807, 2.05) is 0 Å². The molecule has 0 aromatic heterocycles. The summed E-state index contributed by atoms with van der Waals surface area (Å²) >= 11 is 5.62. The van der Waals surface area contributed by atoms with Crippen LogP contribution in [0.5, 0.6) is 0 Å². The van der Waals surface area contributed by atoms with E-state index in [1.54, 1.807) is 0 Å². The topological polar surface area (TPSA) is 3.24 Å². The SMILES string of the molecule is CC(C)C(C)N(C)CCCCCCl. The summed E-state index contributed by atoms with van der Waals surface area (Å²) in [5.74, 6) is 1.56. The van der Waals surface area contributed by atoms with Crippen molar-refractivity contribution in [2.45, 2.75) is 46.1 Å². The molecule has 13 heavy (non-hydrogen) atoms. The van der Waals surface area contributed by atoms with Gasteiger partial charge in [-0.05, 0) is 39.3 Å². The highest BCUT2D eigenvalue weighted by Crippen LogP contribution is 2.09. The first kappa shape index (κ1) is 13.2. The van der Waals surface area contributed by atoms with Crippen LogP contribution in [0.1, 0.15) is 40.0 Å². The molecule has 0 aliphatic heterocycles. The molecule has 1 unspecified atom stereocenters. The molecule has 0 saturated carbocycles. The zero-order valence-electron chi connectivity index (χ0n) is 9.52. The Morgan fingerprint density at radius 3 is 2.15 bits per heavy atom. The Morgan fingerprint density at radius 1 is 1.08 bits per heavy atom. The van der Waals surface area contributed by atoms with E-state index in [0.717, 1.165) is 18.2 Å². The van der Waals surface area contributed by atoms with Gasteiger partial charge in [-0.15, -0.1) is 11.6 Å². The van der Waals surface area contributed by atoms with Crippen molar-refractivity contribution < 1.29 is 0 Å². The van der Waals surface area contributed by atoms with Gasteiger partial charge in [-0.1, -0.05) is 20.3 Å². The summed E-state index contributed by atoms with van der Waals surface area (Å²) in [5.41, 5.74) is 0. The molecule has 0 aromatic carbocycles. The first-order chi connectivity index (χ1) is 6.09. The van der Waals surface area contributed by atoms with E-state index in [2.05, 4.69) is 32.7 Å². The number of nitrogens with zero attached hydrogens (tertiary/aromatic N) is 1. The minimum absolute atomic E-state index is 0.691. The monoisotopic (exact) mass is 205 g/mol. The first-order valence-electron chi connectivity index (χ1n) is 5.35. The van der Waals surface area contributed by atoms with Gasteiger partial charge >= 0.3 is 0 Å². The molecule has 0 aliphatic carbocycles. The molecule has 0 fully saturated rings. The molecule has 0 N–H and O–H groups in total. The van der Waals surface area contributed by atoms with Gasteiger partial charge in [-0.2, -0.15) is 0 Å². The van der Waals surface area contributed by atoms with Crippen LogP contribution in [-0.2, 0) is 0 Å². The highest BCUT2D eigenvalue weighted by atomic mass is 35.5. The molecule has 1 nitrogen and oxygen atoms in total. The fraction of sp³-hybridized carbons (Fsp3) is 1.00. The van der Waals surface area contributed by atoms with Gasteiger partial charge < -0.3 is 4.90 Å². The maximum Gasteiger partial charge on any atom is 0.0223 e. The van der Waals surface area contributed by atoms with E-state index in [-0.39, 0.29) is 0 Å². The quantitative estimate of drug-likeness (QED) is 0.455. The average molecular weight is 206 g/mol. The minimum Gasteiger partial charge on any atom is -0.303 e. The van der Waals surface area contributed by atoms with Crippen LogP contribution in [0.3, 0.4) is 0 Å². The molecule has 0 spiro atoms. The second-order valence-corrected chi connectivity index (χ2v) is 4.59. The molecular weight excluding hydrogens is 182 g/mol. The van der Waals surface area contributed by atoms with E-state index in [1.165, 1.54) is 19.4 Å². The van der Waals surface area contributed by atoms with E-state index in [9.17, 15) is 0 Å². The highest BCUT2D eigenvalue weighted by molar-refractivity contribution is 6.17. The molecule has 0 aliphatic rings. The second-order valence-electron chi connectivity index (χ2n) is 4.21. The summed E-state index contributed by atoms with van der Waals surface area (Å²) in [6.45, 7) is 8.06. The molecule has 0 aromatic rings. The number of unbranched alkanes of at least 4 members (excludes halogenated alkanes) is 2. The summed E-state index contributed by atoms with van der Waals surface area (Å²) in [5, 5.41) is 0. The Morgan fingerprint density at radius 2 is 1.69 bits per heavy atom. The first-order valence-corrected chi connectivity index (χ1v) is 5.89. The van der Waals surface area contributed by atoms with Crippen LogP contribution in [0, 0.1) is 5.92 Å². The van der Waals surface area contributed by atoms with Crippen molar-refractivity contribution >= 4 is 11.6 Å². The number of halogens is 1. The zero-order valence-corrected chi connectivity index (χ0v) is 10.3. The molecule has 0 radical (unpaired) electrons. The van der Waals surface area contributed by atoms with Crippen molar-refractivity contribution in [3.63, 3.8) is 0 Å². The third kappa shape index (κ3) is 6.34. The van der Waals surface area contributed by atoms with E-state index >= 15 is 0 Å². The summed E-state index contributed by atoms with van der Waals surface area (Å²) in [7, 11) is 2.21. The van der Waals surface area contributed by atoms with Crippen molar-refractivity contribution in [2.24, 2.45) is 5.92 Å². The number of rotatable bonds is 7. The molecular formula is C11H24ClN. The fourth-order valence-corrected chi connectivity index (χ4v) is 1.53. The van der Waals surface area contributed by atoms with Gasteiger partial charge in [0, 0.05) is 11.9 Å². The van der Waals surface area contributed by atoms with Gasteiger partial charge in [-0.3, -0.25) is 0 Å². The fourth-order valence-electron chi connectivity index (χ4n) is 1.35. The maximum atomic E-state index is 5.62. The average Bonchev–Trinajstić information content (AvgIpc) is 2.10. The van der Waals surface area contributed by atoms with Gasteiger partial charge in [0.25, 0.3) is 0 Å². The van der Waals surface area contributed by atoms with Crippen LogP contribution >= 0.6 is 11.6 Å². The molecule has 0 saturated heterocycles. The van der Waals surface area contributed by atoms with Gasteiger partial charge in [0.15, 0.2) is 0 Å². The molecule has 1 atom stereocenters. The molecule has 0 heterocycles. The molecule has 2 heteroatoms. The van der Waals surface area contributed by atoms with Crippen molar-refractivity contribution in [1.29, 1.82) is 0 Å². The Kier molecular flexibility index (Phi) is 7.78. The zero-order chi connectivity index (χ0) is 10.3. The van der Waals surface area contributed by atoms with Gasteiger partial charge in [-0.25, -0.2) is 0 Å². The minimum atomic E-state index is 0.691. The Balaban J connectivity index is 3.44. The number of alkyl halides is 1. The molecule has 80 valence electrons. The summed E-state index contributed by atoms with van der Waals surface area (Å²) < 4.78 is 0. The lowest BCUT2D eigenvalue weighted by atomic mass is 10.0. The van der Waals surface area contributed by atoms with E-state index < -0.39 is 0 Å². The lowest BCUT2D eigenvalue weighted by Gasteiger charge is -2.27. The predicted molar refractivity (Wildman–Crippen MR) is 61.5 cm³/mol. The van der Waals surface area contributed by atoms with Gasteiger partial charge in [0.2, 0.25) is 0 Å². The van der Waals surface area contributed by atoms with Crippen LogP contribution in [0.15, 0.2) is 0 Å². The van der Waals surface area contributed by atoms with E-state index in [4.69, 9.17) is 11.6 Å². The Labute approximate surface area is 88.5 Å². The van der Waals surface area contributed by atoms with Crippen LogP contribution in [0.25, 0.3) is 0 Å². The smallest absolute Gasteiger partial charge is 0.0223 e. The van der Waals surface area contributed by atoms with Crippen LogP contribution in [-0.4, -0.2) is 30.4 Å². The normalized spacial score (nSPS) is 14.1. The van der Waals surface area contributed by atoms with Crippen LogP contribution in [0.4, 0.5) is 0 Å². The molecule has 0 bridgehead atoms. The number of hydrogen-bond donors (Lipinski definition) is 0. The van der Waals surface area contributed by atoms with Gasteiger partial charge in [0.05, 0.1) is 0 Å². The predicted octanol–water partition coefficient (Wildman–Crippen LogP) is 3.37. The third-order valence-corrected chi connectivity index (χ3v) is 3.07. The van der Waals surface area contributed by atoms with Crippen molar-refractivity contribution in [2.75, 3.05) is 19.5 Å². The summed E-state index contributed by atoms with van der Waals surface area (Å²) in [6, 6.07) is 0.691.